The molecule has 0 spiro atoms. The Morgan fingerprint density at radius 1 is 1.23 bits per heavy atom. The van der Waals surface area contributed by atoms with E-state index in [2.05, 4.69) is 9.88 Å². The summed E-state index contributed by atoms with van der Waals surface area (Å²) >= 11 is 0. The van der Waals surface area contributed by atoms with Crippen LogP contribution >= 0.6 is 0 Å². The van der Waals surface area contributed by atoms with Gasteiger partial charge in [0.05, 0.1) is 18.9 Å². The van der Waals surface area contributed by atoms with Gasteiger partial charge < -0.3 is 19.3 Å². The first-order valence-electron chi connectivity index (χ1n) is 9.37. The number of carboxylic acid groups (broad SMARTS) is 1. The first-order valence-corrected chi connectivity index (χ1v) is 9.37. The molecule has 0 radical (unpaired) electrons. The van der Waals surface area contributed by atoms with Crippen molar-refractivity contribution in [2.75, 3.05) is 39.4 Å². The number of rotatable bonds is 6. The molecule has 0 aromatic carbocycles. The van der Waals surface area contributed by atoms with E-state index in [1.54, 1.807) is 10.8 Å². The normalized spacial score (nSPS) is 19.7. The molecular formula is C18H28N4O4. The quantitative estimate of drug-likeness (QED) is 0.792. The van der Waals surface area contributed by atoms with Crippen LogP contribution in [0.5, 0.6) is 0 Å². The molecular weight excluding hydrogens is 336 g/mol. The topological polar surface area (TPSA) is 87.9 Å². The highest BCUT2D eigenvalue weighted by molar-refractivity contribution is 5.76. The lowest BCUT2D eigenvalue weighted by Gasteiger charge is -2.40. The smallest absolute Gasteiger partial charge is 0.323 e. The predicted molar refractivity (Wildman–Crippen MR) is 94.9 cm³/mol. The van der Waals surface area contributed by atoms with E-state index in [0.29, 0.717) is 24.7 Å². The Labute approximate surface area is 153 Å². The van der Waals surface area contributed by atoms with Crippen molar-refractivity contribution in [3.8, 4) is 0 Å². The van der Waals surface area contributed by atoms with Crippen LogP contribution in [0.15, 0.2) is 6.20 Å². The number of carbonyl (C=O) groups excluding carboxylic acids is 1. The molecule has 1 amide bonds. The molecule has 2 aliphatic rings. The highest BCUT2D eigenvalue weighted by atomic mass is 16.5. The fraction of sp³-hybridized carbons (Fsp3) is 0.722. The fourth-order valence-corrected chi connectivity index (χ4v) is 3.88. The average molecular weight is 364 g/mol. The van der Waals surface area contributed by atoms with Crippen molar-refractivity contribution < 1.29 is 19.4 Å². The number of aromatic nitrogens is 2. The van der Waals surface area contributed by atoms with Gasteiger partial charge >= 0.3 is 5.97 Å². The SMILES string of the molecule is Cc1cn(CC(=O)O)c(CCC(=O)N2CCC(N3CCOCC3)CC2)n1. The lowest BCUT2D eigenvalue weighted by Crippen LogP contribution is -2.50. The number of piperidine rings is 1. The molecule has 0 atom stereocenters. The summed E-state index contributed by atoms with van der Waals surface area (Å²) in [5, 5.41) is 8.98. The lowest BCUT2D eigenvalue weighted by molar-refractivity contribution is -0.137. The van der Waals surface area contributed by atoms with E-state index in [1.807, 2.05) is 11.8 Å². The first-order chi connectivity index (χ1) is 12.5. The van der Waals surface area contributed by atoms with E-state index < -0.39 is 5.97 Å². The molecule has 8 nitrogen and oxygen atoms in total. The zero-order valence-electron chi connectivity index (χ0n) is 15.4. The van der Waals surface area contributed by atoms with Gasteiger partial charge in [-0.1, -0.05) is 0 Å². The Hall–Kier alpha value is -1.93. The third kappa shape index (κ3) is 4.82. The molecule has 8 heteroatoms. The Bertz CT molecular complexity index is 631. The fourth-order valence-electron chi connectivity index (χ4n) is 3.88. The van der Waals surface area contributed by atoms with Crippen molar-refractivity contribution in [1.82, 2.24) is 19.4 Å². The molecule has 2 aliphatic heterocycles. The molecule has 1 N–H and O–H groups in total. The summed E-state index contributed by atoms with van der Waals surface area (Å²) < 4.78 is 7.03. The van der Waals surface area contributed by atoms with Crippen LogP contribution in [0.4, 0.5) is 0 Å². The van der Waals surface area contributed by atoms with E-state index in [0.717, 1.165) is 57.9 Å². The van der Waals surface area contributed by atoms with Crippen LogP contribution in [0.25, 0.3) is 0 Å². The molecule has 1 aromatic rings. The molecule has 0 unspecified atom stereocenters. The number of carboxylic acids is 1. The van der Waals surface area contributed by atoms with Gasteiger partial charge in [-0.25, -0.2) is 4.98 Å². The number of nitrogens with zero attached hydrogens (tertiary/aromatic N) is 4. The molecule has 3 rings (SSSR count). The Kier molecular flexibility index (Phi) is 6.26. The summed E-state index contributed by atoms with van der Waals surface area (Å²) in [6.07, 6.45) is 4.60. The first kappa shape index (κ1) is 18.8. The van der Waals surface area contributed by atoms with E-state index in [4.69, 9.17) is 9.84 Å². The van der Waals surface area contributed by atoms with E-state index >= 15 is 0 Å². The third-order valence-electron chi connectivity index (χ3n) is 5.23. The van der Waals surface area contributed by atoms with Gasteiger partial charge in [-0.3, -0.25) is 14.5 Å². The van der Waals surface area contributed by atoms with Gasteiger partial charge in [0.1, 0.15) is 12.4 Å². The number of aliphatic carboxylic acids is 1. The van der Waals surface area contributed by atoms with Crippen molar-refractivity contribution in [1.29, 1.82) is 0 Å². The van der Waals surface area contributed by atoms with E-state index in [-0.39, 0.29) is 12.5 Å². The molecule has 1 aromatic heterocycles. The second-order valence-electron chi connectivity index (χ2n) is 7.08. The maximum atomic E-state index is 12.5. The Morgan fingerprint density at radius 3 is 2.58 bits per heavy atom. The van der Waals surface area contributed by atoms with Gasteiger partial charge in [0.15, 0.2) is 0 Å². The van der Waals surface area contributed by atoms with Gasteiger partial charge in [-0.15, -0.1) is 0 Å². The molecule has 26 heavy (non-hydrogen) atoms. The zero-order chi connectivity index (χ0) is 18.5. The molecule has 0 bridgehead atoms. The maximum absolute atomic E-state index is 12.5. The predicted octanol–water partition coefficient (Wildman–Crippen LogP) is 0.532. The van der Waals surface area contributed by atoms with Gasteiger partial charge in [-0.05, 0) is 19.8 Å². The number of carbonyl (C=O) groups is 2. The largest absolute Gasteiger partial charge is 0.480 e. The van der Waals surface area contributed by atoms with Crippen LogP contribution in [0.2, 0.25) is 0 Å². The Morgan fingerprint density at radius 2 is 1.92 bits per heavy atom. The van der Waals surface area contributed by atoms with Gasteiger partial charge in [0, 0.05) is 51.3 Å². The summed E-state index contributed by atoms with van der Waals surface area (Å²) in [4.78, 5) is 32.3. The second kappa shape index (κ2) is 8.64. The van der Waals surface area contributed by atoms with Crippen LogP contribution in [-0.4, -0.2) is 81.8 Å². The van der Waals surface area contributed by atoms with Crippen LogP contribution in [0.1, 0.15) is 30.8 Å². The van der Waals surface area contributed by atoms with Crippen molar-refractivity contribution in [3.63, 3.8) is 0 Å². The Balaban J connectivity index is 1.47. The summed E-state index contributed by atoms with van der Waals surface area (Å²) in [7, 11) is 0. The molecule has 2 fully saturated rings. The minimum Gasteiger partial charge on any atom is -0.480 e. The standard InChI is InChI=1S/C18H28N4O4/c1-14-12-22(13-18(24)25)16(19-14)2-3-17(23)21-6-4-15(5-7-21)20-8-10-26-11-9-20/h12,15H,2-11,13H2,1H3,(H,24,25). The number of amides is 1. The highest BCUT2D eigenvalue weighted by Crippen LogP contribution is 2.19. The number of hydrogen-bond donors (Lipinski definition) is 1. The molecule has 2 saturated heterocycles. The minimum absolute atomic E-state index is 0.116. The average Bonchev–Trinajstić information content (AvgIpc) is 2.99. The highest BCUT2D eigenvalue weighted by Gasteiger charge is 2.27. The van der Waals surface area contributed by atoms with Crippen LogP contribution in [-0.2, 0) is 27.3 Å². The third-order valence-corrected chi connectivity index (χ3v) is 5.23. The minimum atomic E-state index is -0.903. The van der Waals surface area contributed by atoms with Gasteiger partial charge in [0.2, 0.25) is 5.91 Å². The molecule has 144 valence electrons. The molecule has 0 saturated carbocycles. The van der Waals surface area contributed by atoms with Gasteiger partial charge in [-0.2, -0.15) is 0 Å². The van der Waals surface area contributed by atoms with Gasteiger partial charge in [0.25, 0.3) is 0 Å². The van der Waals surface area contributed by atoms with Crippen molar-refractivity contribution in [2.45, 2.75) is 45.2 Å². The second-order valence-corrected chi connectivity index (χ2v) is 7.08. The molecule has 0 aliphatic carbocycles. The van der Waals surface area contributed by atoms with E-state index in [1.165, 1.54) is 0 Å². The summed E-state index contributed by atoms with van der Waals surface area (Å²) in [6.45, 7) is 6.90. The van der Waals surface area contributed by atoms with Crippen LogP contribution < -0.4 is 0 Å². The van der Waals surface area contributed by atoms with Crippen LogP contribution in [0.3, 0.4) is 0 Å². The summed E-state index contributed by atoms with van der Waals surface area (Å²) in [5.74, 6) is -0.102. The lowest BCUT2D eigenvalue weighted by atomic mass is 10.0. The zero-order valence-corrected chi connectivity index (χ0v) is 15.4. The number of aryl methyl sites for hydroxylation is 2. The van der Waals surface area contributed by atoms with Crippen LogP contribution in [0, 0.1) is 6.92 Å². The number of ether oxygens (including phenoxy) is 1. The molecule has 3 heterocycles. The van der Waals surface area contributed by atoms with Crippen molar-refractivity contribution >= 4 is 11.9 Å². The number of morpholine rings is 1. The summed E-state index contributed by atoms with van der Waals surface area (Å²) in [5.41, 5.74) is 0.778. The summed E-state index contributed by atoms with van der Waals surface area (Å²) in [6, 6.07) is 0.556. The number of likely N-dealkylation sites (tertiary alicyclic amines) is 1. The monoisotopic (exact) mass is 364 g/mol. The van der Waals surface area contributed by atoms with Crippen molar-refractivity contribution in [2.24, 2.45) is 0 Å². The van der Waals surface area contributed by atoms with E-state index in [9.17, 15) is 9.59 Å². The number of hydrogen-bond acceptors (Lipinski definition) is 5. The van der Waals surface area contributed by atoms with Crippen molar-refractivity contribution in [3.05, 3.63) is 17.7 Å². The number of imidazole rings is 1. The maximum Gasteiger partial charge on any atom is 0.323 e.